The van der Waals surface area contributed by atoms with Gasteiger partial charge < -0.3 is 19.5 Å². The minimum atomic E-state index is -0.197. The number of rotatable bonds is 5. The highest BCUT2D eigenvalue weighted by Crippen LogP contribution is 2.35. The molecule has 1 amide bonds. The van der Waals surface area contributed by atoms with Gasteiger partial charge in [0.05, 0.1) is 10.9 Å². The van der Waals surface area contributed by atoms with Gasteiger partial charge in [-0.2, -0.15) is 0 Å². The van der Waals surface area contributed by atoms with Crippen LogP contribution in [0.4, 0.5) is 0 Å². The Morgan fingerprint density at radius 1 is 1.29 bits per heavy atom. The van der Waals surface area contributed by atoms with Gasteiger partial charge >= 0.3 is 0 Å². The van der Waals surface area contributed by atoms with Crippen molar-refractivity contribution in [1.82, 2.24) is 5.32 Å². The predicted octanol–water partition coefficient (Wildman–Crippen LogP) is 2.83. The summed E-state index contributed by atoms with van der Waals surface area (Å²) in [7, 11) is 0. The van der Waals surface area contributed by atoms with E-state index in [1.807, 2.05) is 6.07 Å². The topological polar surface area (TPSA) is 56.8 Å². The number of carbonyl (C=O) groups is 1. The second-order valence-electron chi connectivity index (χ2n) is 4.29. The molecular formula is C14H12ClNO4S. The molecule has 0 saturated heterocycles. The smallest absolute Gasteiger partial charge is 0.258 e. The predicted molar refractivity (Wildman–Crippen MR) is 79.2 cm³/mol. The van der Waals surface area contributed by atoms with Crippen molar-refractivity contribution in [3.8, 4) is 17.2 Å². The van der Waals surface area contributed by atoms with Gasteiger partial charge in [-0.15, -0.1) is 11.3 Å². The van der Waals surface area contributed by atoms with E-state index in [4.69, 9.17) is 25.8 Å². The molecule has 1 aromatic heterocycles. The summed E-state index contributed by atoms with van der Waals surface area (Å²) in [6.07, 6.45) is 0. The molecule has 1 N–H and O–H groups in total. The zero-order chi connectivity index (χ0) is 14.7. The average molecular weight is 326 g/mol. The lowest BCUT2D eigenvalue weighted by Crippen LogP contribution is -2.28. The van der Waals surface area contributed by atoms with E-state index < -0.39 is 0 Å². The van der Waals surface area contributed by atoms with Crippen LogP contribution in [0.2, 0.25) is 4.34 Å². The molecule has 0 radical (unpaired) electrons. The summed E-state index contributed by atoms with van der Waals surface area (Å²) in [6, 6.07) is 8.88. The van der Waals surface area contributed by atoms with Gasteiger partial charge in [0, 0.05) is 10.9 Å². The van der Waals surface area contributed by atoms with Gasteiger partial charge in [-0.05, 0) is 24.3 Å². The number of thiophene rings is 1. The molecule has 0 atom stereocenters. The van der Waals surface area contributed by atoms with Crippen molar-refractivity contribution < 1.29 is 19.0 Å². The SMILES string of the molecule is O=C(COc1ccc2c(c1)OCO2)NCc1ccc(Cl)s1. The molecule has 3 rings (SSSR count). The van der Waals surface area contributed by atoms with Gasteiger partial charge in [0.1, 0.15) is 5.75 Å². The first-order valence-electron chi connectivity index (χ1n) is 6.24. The molecule has 0 unspecified atom stereocenters. The van der Waals surface area contributed by atoms with Crippen molar-refractivity contribution in [3.63, 3.8) is 0 Å². The number of amides is 1. The van der Waals surface area contributed by atoms with Gasteiger partial charge in [0.2, 0.25) is 6.79 Å². The third-order valence-corrected chi connectivity index (χ3v) is 4.03. The number of nitrogens with one attached hydrogen (secondary N) is 1. The second-order valence-corrected chi connectivity index (χ2v) is 6.09. The molecule has 7 heteroatoms. The van der Waals surface area contributed by atoms with Crippen LogP contribution in [0.15, 0.2) is 30.3 Å². The number of halogens is 1. The van der Waals surface area contributed by atoms with Crippen LogP contribution in [-0.2, 0) is 11.3 Å². The largest absolute Gasteiger partial charge is 0.484 e. The maximum Gasteiger partial charge on any atom is 0.258 e. The standard InChI is InChI=1S/C14H12ClNO4S/c15-13-4-2-10(21-13)6-16-14(17)7-18-9-1-3-11-12(5-9)20-8-19-11/h1-5H,6-8H2,(H,16,17). The molecule has 1 aliphatic heterocycles. The maximum absolute atomic E-state index is 11.7. The van der Waals surface area contributed by atoms with E-state index in [2.05, 4.69) is 5.32 Å². The Balaban J connectivity index is 1.47. The summed E-state index contributed by atoms with van der Waals surface area (Å²) in [5.41, 5.74) is 0. The highest BCUT2D eigenvalue weighted by atomic mass is 35.5. The summed E-state index contributed by atoms with van der Waals surface area (Å²) < 4.78 is 16.6. The maximum atomic E-state index is 11.7. The second kappa shape index (κ2) is 6.24. The van der Waals surface area contributed by atoms with E-state index in [-0.39, 0.29) is 19.3 Å². The normalized spacial score (nSPS) is 12.2. The third kappa shape index (κ3) is 3.59. The summed E-state index contributed by atoms with van der Waals surface area (Å²) in [4.78, 5) is 12.7. The van der Waals surface area contributed by atoms with Crippen molar-refractivity contribution in [2.45, 2.75) is 6.54 Å². The fourth-order valence-electron chi connectivity index (χ4n) is 1.80. The molecule has 1 aromatic carbocycles. The van der Waals surface area contributed by atoms with Crippen LogP contribution in [-0.4, -0.2) is 19.3 Å². The molecule has 0 saturated carbocycles. The lowest BCUT2D eigenvalue weighted by Gasteiger charge is -2.07. The van der Waals surface area contributed by atoms with Gasteiger partial charge in [0.25, 0.3) is 5.91 Å². The molecule has 110 valence electrons. The van der Waals surface area contributed by atoms with Crippen LogP contribution in [0.1, 0.15) is 4.88 Å². The fourth-order valence-corrected chi connectivity index (χ4v) is 2.83. The lowest BCUT2D eigenvalue weighted by molar-refractivity contribution is -0.123. The monoisotopic (exact) mass is 325 g/mol. The molecule has 0 bridgehead atoms. The first-order valence-corrected chi connectivity index (χ1v) is 7.43. The quantitative estimate of drug-likeness (QED) is 0.918. The molecule has 2 heterocycles. The molecule has 5 nitrogen and oxygen atoms in total. The lowest BCUT2D eigenvalue weighted by atomic mass is 10.3. The molecule has 21 heavy (non-hydrogen) atoms. The highest BCUT2D eigenvalue weighted by molar-refractivity contribution is 7.16. The van der Waals surface area contributed by atoms with E-state index in [0.29, 0.717) is 28.1 Å². The van der Waals surface area contributed by atoms with Crippen molar-refractivity contribution in [2.75, 3.05) is 13.4 Å². The molecule has 0 spiro atoms. The average Bonchev–Trinajstić information content (AvgIpc) is 3.10. The van der Waals surface area contributed by atoms with E-state index in [9.17, 15) is 4.79 Å². The number of carbonyl (C=O) groups excluding carboxylic acids is 1. The number of ether oxygens (including phenoxy) is 3. The van der Waals surface area contributed by atoms with Gasteiger partial charge in [-0.3, -0.25) is 4.79 Å². The van der Waals surface area contributed by atoms with Crippen LogP contribution in [0, 0.1) is 0 Å². The molecule has 0 aliphatic carbocycles. The first-order chi connectivity index (χ1) is 10.2. The summed E-state index contributed by atoms with van der Waals surface area (Å²) in [6.45, 7) is 0.599. The van der Waals surface area contributed by atoms with E-state index in [1.54, 1.807) is 24.3 Å². The number of hydrogen-bond acceptors (Lipinski definition) is 5. The highest BCUT2D eigenvalue weighted by Gasteiger charge is 2.14. The zero-order valence-corrected chi connectivity index (χ0v) is 12.5. The van der Waals surface area contributed by atoms with Crippen molar-refractivity contribution >= 4 is 28.8 Å². The molecule has 0 fully saturated rings. The van der Waals surface area contributed by atoms with E-state index in [1.165, 1.54) is 11.3 Å². The Kier molecular flexibility index (Phi) is 4.17. The zero-order valence-electron chi connectivity index (χ0n) is 10.9. The van der Waals surface area contributed by atoms with E-state index >= 15 is 0 Å². The Bertz CT molecular complexity index is 658. The minimum Gasteiger partial charge on any atom is -0.484 e. The van der Waals surface area contributed by atoms with Crippen LogP contribution in [0.5, 0.6) is 17.2 Å². The van der Waals surface area contributed by atoms with Crippen molar-refractivity contribution in [3.05, 3.63) is 39.5 Å². The number of fused-ring (bicyclic) bond motifs is 1. The van der Waals surface area contributed by atoms with Gasteiger partial charge in [0.15, 0.2) is 18.1 Å². The van der Waals surface area contributed by atoms with Crippen molar-refractivity contribution in [2.24, 2.45) is 0 Å². The van der Waals surface area contributed by atoms with Crippen LogP contribution in [0.3, 0.4) is 0 Å². The van der Waals surface area contributed by atoms with Gasteiger partial charge in [-0.1, -0.05) is 11.6 Å². The van der Waals surface area contributed by atoms with Crippen LogP contribution < -0.4 is 19.5 Å². The summed E-state index contributed by atoms with van der Waals surface area (Å²) in [5.74, 6) is 1.67. The fraction of sp³-hybridized carbons (Fsp3) is 0.214. The Hall–Kier alpha value is -1.92. The molecular weight excluding hydrogens is 314 g/mol. The molecule has 2 aromatic rings. The third-order valence-electron chi connectivity index (χ3n) is 2.80. The Morgan fingerprint density at radius 3 is 2.95 bits per heavy atom. The van der Waals surface area contributed by atoms with E-state index in [0.717, 1.165) is 4.88 Å². The number of hydrogen-bond donors (Lipinski definition) is 1. The van der Waals surface area contributed by atoms with Crippen molar-refractivity contribution in [1.29, 1.82) is 0 Å². The van der Waals surface area contributed by atoms with Crippen LogP contribution >= 0.6 is 22.9 Å². The first kappa shape index (κ1) is 14.0. The minimum absolute atomic E-state index is 0.0568. The Morgan fingerprint density at radius 2 is 2.14 bits per heavy atom. The molecule has 1 aliphatic rings. The summed E-state index contributed by atoms with van der Waals surface area (Å²) >= 11 is 7.26. The number of benzene rings is 1. The van der Waals surface area contributed by atoms with Gasteiger partial charge in [-0.25, -0.2) is 0 Å². The Labute approximate surface area is 130 Å². The summed E-state index contributed by atoms with van der Waals surface area (Å²) in [5, 5.41) is 2.77. The van der Waals surface area contributed by atoms with Crippen LogP contribution in [0.25, 0.3) is 0 Å².